The number of fused-ring (bicyclic) bond motifs is 1. The number of benzene rings is 2. The first kappa shape index (κ1) is 14.0. The molecule has 1 unspecified atom stereocenters. The Bertz CT molecular complexity index is 676. The van der Waals surface area contributed by atoms with Gasteiger partial charge in [0.05, 0.1) is 20.9 Å². The Balaban J connectivity index is 1.69. The van der Waals surface area contributed by atoms with E-state index in [1.165, 1.54) is 5.56 Å². The quantitative estimate of drug-likeness (QED) is 0.644. The summed E-state index contributed by atoms with van der Waals surface area (Å²) < 4.78 is 12.5. The molecule has 0 amide bonds. The summed E-state index contributed by atoms with van der Waals surface area (Å²) in [5.74, 6) is 1.54. The van der Waals surface area contributed by atoms with E-state index in [2.05, 4.69) is 34.7 Å². The predicted molar refractivity (Wildman–Crippen MR) is 88.3 cm³/mol. The Hall–Kier alpha value is -1.94. The monoisotopic (exact) mass is 392 g/mol. The number of halogens is 1. The van der Waals surface area contributed by atoms with Gasteiger partial charge < -0.3 is 15.2 Å². The molecule has 0 bridgehead atoms. The van der Waals surface area contributed by atoms with Crippen LogP contribution in [0.5, 0.6) is 11.5 Å². The van der Waals surface area contributed by atoms with Crippen molar-refractivity contribution in [3.8, 4) is 17.6 Å². The van der Waals surface area contributed by atoms with Gasteiger partial charge >= 0.3 is 0 Å². The van der Waals surface area contributed by atoms with Crippen LogP contribution < -0.4 is 15.2 Å². The molecule has 0 saturated heterocycles. The normalized spacial score (nSPS) is 15.9. The molecule has 2 aromatic rings. The first-order chi connectivity index (χ1) is 10.2. The van der Waals surface area contributed by atoms with Crippen molar-refractivity contribution in [1.82, 2.24) is 0 Å². The summed E-state index contributed by atoms with van der Waals surface area (Å²) in [4.78, 5) is 0. The summed E-state index contributed by atoms with van der Waals surface area (Å²) in [6.45, 7) is 0.431. The molecule has 1 aliphatic rings. The Kier molecular flexibility index (Phi) is 3.88. The van der Waals surface area contributed by atoms with Crippen molar-refractivity contribution in [2.24, 2.45) is 0 Å². The molecule has 21 heavy (non-hydrogen) atoms. The molecular formula is C16H13IN2O2. The molecule has 1 atom stereocenters. The zero-order valence-electron chi connectivity index (χ0n) is 11.2. The molecule has 0 spiro atoms. The number of hydrogen-bond acceptors (Lipinski definition) is 4. The van der Waals surface area contributed by atoms with Crippen molar-refractivity contribution >= 4 is 28.3 Å². The lowest BCUT2D eigenvalue weighted by atomic mass is 10.1. The van der Waals surface area contributed by atoms with Gasteiger partial charge in [0.1, 0.15) is 18.5 Å². The highest BCUT2D eigenvalue weighted by Crippen LogP contribution is 2.32. The number of nitriles is 1. The maximum atomic E-state index is 8.91. The number of ether oxygens (including phenoxy) is 2. The largest absolute Gasteiger partial charge is 0.486 e. The van der Waals surface area contributed by atoms with Gasteiger partial charge in [0.2, 0.25) is 0 Å². The molecule has 4 nitrogen and oxygen atoms in total. The van der Waals surface area contributed by atoms with Crippen LogP contribution in [0.3, 0.4) is 0 Å². The van der Waals surface area contributed by atoms with E-state index in [0.717, 1.165) is 15.7 Å². The standard InChI is InChI=1S/C16H13IN2O2/c17-13-5-10(8-18)6-14(19)16(13)20-9-12-7-11-3-1-2-4-15(11)21-12/h1-6,12H,7,9,19H2. The number of para-hydroxylation sites is 1. The maximum Gasteiger partial charge on any atom is 0.155 e. The third kappa shape index (κ3) is 2.90. The molecule has 0 radical (unpaired) electrons. The van der Waals surface area contributed by atoms with Gasteiger partial charge in [0.15, 0.2) is 5.75 Å². The number of nitrogen functional groups attached to an aromatic ring is 1. The topological polar surface area (TPSA) is 68.3 Å². The Morgan fingerprint density at radius 1 is 1.38 bits per heavy atom. The molecule has 0 aliphatic carbocycles. The Morgan fingerprint density at radius 3 is 2.90 bits per heavy atom. The van der Waals surface area contributed by atoms with Crippen LogP contribution in [0.2, 0.25) is 0 Å². The van der Waals surface area contributed by atoms with E-state index in [-0.39, 0.29) is 6.10 Å². The van der Waals surface area contributed by atoms with Gasteiger partial charge in [-0.05, 0) is 46.4 Å². The molecule has 1 aliphatic heterocycles. The van der Waals surface area contributed by atoms with E-state index in [1.54, 1.807) is 12.1 Å². The number of rotatable bonds is 3. The van der Waals surface area contributed by atoms with Crippen molar-refractivity contribution in [2.75, 3.05) is 12.3 Å². The number of nitrogens with zero attached hydrogens (tertiary/aromatic N) is 1. The highest BCUT2D eigenvalue weighted by atomic mass is 127. The van der Waals surface area contributed by atoms with Gasteiger partial charge in [-0.25, -0.2) is 0 Å². The second-order valence-electron chi connectivity index (χ2n) is 4.85. The van der Waals surface area contributed by atoms with Gasteiger partial charge in [-0.1, -0.05) is 18.2 Å². The molecule has 0 aromatic heterocycles. The van der Waals surface area contributed by atoms with Crippen LogP contribution in [0.15, 0.2) is 36.4 Å². The van der Waals surface area contributed by atoms with E-state index in [0.29, 0.717) is 23.6 Å². The molecule has 0 saturated carbocycles. The van der Waals surface area contributed by atoms with E-state index >= 15 is 0 Å². The molecular weight excluding hydrogens is 379 g/mol. The van der Waals surface area contributed by atoms with Crippen LogP contribution in [0.25, 0.3) is 0 Å². The Morgan fingerprint density at radius 2 is 2.19 bits per heavy atom. The van der Waals surface area contributed by atoms with Crippen molar-refractivity contribution in [3.05, 3.63) is 51.1 Å². The van der Waals surface area contributed by atoms with Crippen LogP contribution in [0.4, 0.5) is 5.69 Å². The Labute approximate surface area is 136 Å². The van der Waals surface area contributed by atoms with E-state index < -0.39 is 0 Å². The zero-order chi connectivity index (χ0) is 14.8. The van der Waals surface area contributed by atoms with Gasteiger partial charge in [-0.3, -0.25) is 0 Å². The number of anilines is 1. The molecule has 2 N–H and O–H groups in total. The minimum absolute atomic E-state index is 0.00626. The molecule has 1 heterocycles. The number of hydrogen-bond donors (Lipinski definition) is 1. The second-order valence-corrected chi connectivity index (χ2v) is 6.01. The second kappa shape index (κ2) is 5.82. The fraction of sp³-hybridized carbons (Fsp3) is 0.188. The average Bonchev–Trinajstić information content (AvgIpc) is 2.88. The first-order valence-electron chi connectivity index (χ1n) is 6.54. The first-order valence-corrected chi connectivity index (χ1v) is 7.61. The lowest BCUT2D eigenvalue weighted by Crippen LogP contribution is -2.23. The van der Waals surface area contributed by atoms with Crippen LogP contribution in [-0.4, -0.2) is 12.7 Å². The van der Waals surface area contributed by atoms with E-state index in [1.807, 2.05) is 18.2 Å². The third-order valence-electron chi connectivity index (χ3n) is 3.33. The summed E-state index contributed by atoms with van der Waals surface area (Å²) in [7, 11) is 0. The molecule has 3 rings (SSSR count). The zero-order valence-corrected chi connectivity index (χ0v) is 13.3. The van der Waals surface area contributed by atoms with Gasteiger partial charge in [-0.15, -0.1) is 0 Å². The number of nitrogens with two attached hydrogens (primary N) is 1. The minimum atomic E-state index is -0.00626. The van der Waals surface area contributed by atoms with Crippen LogP contribution in [-0.2, 0) is 6.42 Å². The van der Waals surface area contributed by atoms with Crippen LogP contribution >= 0.6 is 22.6 Å². The summed E-state index contributed by atoms with van der Waals surface area (Å²) in [6, 6.07) is 13.5. The lowest BCUT2D eigenvalue weighted by molar-refractivity contribution is 0.148. The van der Waals surface area contributed by atoms with Crippen molar-refractivity contribution in [2.45, 2.75) is 12.5 Å². The minimum Gasteiger partial charge on any atom is -0.486 e. The van der Waals surface area contributed by atoms with E-state index in [4.69, 9.17) is 20.5 Å². The fourth-order valence-corrected chi connectivity index (χ4v) is 3.16. The maximum absolute atomic E-state index is 8.91. The van der Waals surface area contributed by atoms with E-state index in [9.17, 15) is 0 Å². The summed E-state index contributed by atoms with van der Waals surface area (Å²) in [5, 5.41) is 8.91. The van der Waals surface area contributed by atoms with Gasteiger partial charge in [0, 0.05) is 6.42 Å². The smallest absolute Gasteiger partial charge is 0.155 e. The molecule has 0 fully saturated rings. The molecule has 106 valence electrons. The van der Waals surface area contributed by atoms with Gasteiger partial charge in [-0.2, -0.15) is 5.26 Å². The summed E-state index contributed by atoms with van der Waals surface area (Å²) in [6.07, 6.45) is 0.830. The highest BCUT2D eigenvalue weighted by Gasteiger charge is 2.23. The van der Waals surface area contributed by atoms with Gasteiger partial charge in [0.25, 0.3) is 0 Å². The highest BCUT2D eigenvalue weighted by molar-refractivity contribution is 14.1. The fourth-order valence-electron chi connectivity index (χ4n) is 2.35. The molecule has 5 heteroatoms. The average molecular weight is 392 g/mol. The van der Waals surface area contributed by atoms with Crippen molar-refractivity contribution in [1.29, 1.82) is 5.26 Å². The van der Waals surface area contributed by atoms with Crippen molar-refractivity contribution in [3.63, 3.8) is 0 Å². The third-order valence-corrected chi connectivity index (χ3v) is 4.13. The predicted octanol–water partition coefficient (Wildman–Crippen LogP) is 3.13. The lowest BCUT2D eigenvalue weighted by Gasteiger charge is -2.15. The summed E-state index contributed by atoms with van der Waals surface area (Å²) in [5.41, 5.74) is 8.16. The van der Waals surface area contributed by atoms with Crippen molar-refractivity contribution < 1.29 is 9.47 Å². The SMILES string of the molecule is N#Cc1cc(N)c(OCC2Cc3ccccc3O2)c(I)c1. The van der Waals surface area contributed by atoms with Crippen LogP contribution in [0, 0.1) is 14.9 Å². The molecule has 2 aromatic carbocycles. The summed E-state index contributed by atoms with van der Waals surface area (Å²) >= 11 is 2.12. The van der Waals surface area contributed by atoms with Crippen LogP contribution in [0.1, 0.15) is 11.1 Å².